The maximum absolute atomic E-state index is 11.4. The van der Waals surface area contributed by atoms with E-state index in [0.29, 0.717) is 25.4 Å². The quantitative estimate of drug-likeness (QED) is 0.488. The molecule has 8 heteroatoms. The van der Waals surface area contributed by atoms with Crippen LogP contribution in [0.25, 0.3) is 0 Å². The maximum atomic E-state index is 11.4. The van der Waals surface area contributed by atoms with E-state index in [0.717, 1.165) is 12.8 Å². The molecular weight excluding hydrogens is 254 g/mol. The molecule has 0 saturated carbocycles. The fourth-order valence-corrected chi connectivity index (χ4v) is 2.01. The molecule has 110 valence electrons. The van der Waals surface area contributed by atoms with Crippen molar-refractivity contribution < 1.29 is 19.6 Å². The Balaban J connectivity index is 2.14. The van der Waals surface area contributed by atoms with Crippen LogP contribution < -0.4 is 0 Å². The predicted molar refractivity (Wildman–Crippen MR) is 66.5 cm³/mol. The molecule has 0 spiro atoms. The number of nitrogens with zero attached hydrogens (tertiary/aromatic N) is 3. The standard InChI is InChI=1S/C11H21N3O5/c1-12(2)9-11(15)19-13-6-3-10(4-7-13)5-8-18-14(16)17/h10H,3-9H2,1-2H3. The lowest BCUT2D eigenvalue weighted by Crippen LogP contribution is -2.38. The Morgan fingerprint density at radius 3 is 2.58 bits per heavy atom. The third kappa shape index (κ3) is 6.92. The highest BCUT2D eigenvalue weighted by molar-refractivity contribution is 5.71. The zero-order valence-corrected chi connectivity index (χ0v) is 11.4. The Morgan fingerprint density at radius 2 is 2.05 bits per heavy atom. The molecule has 0 aromatic rings. The number of carbonyl (C=O) groups excluding carboxylic acids is 1. The molecule has 0 amide bonds. The van der Waals surface area contributed by atoms with Crippen LogP contribution >= 0.6 is 0 Å². The van der Waals surface area contributed by atoms with E-state index in [2.05, 4.69) is 4.84 Å². The van der Waals surface area contributed by atoms with Crippen LogP contribution in [-0.2, 0) is 14.5 Å². The van der Waals surface area contributed by atoms with E-state index in [1.54, 1.807) is 9.96 Å². The van der Waals surface area contributed by atoms with Crippen molar-refractivity contribution in [1.82, 2.24) is 9.96 Å². The summed E-state index contributed by atoms with van der Waals surface area (Å²) in [6, 6.07) is 0. The zero-order valence-electron chi connectivity index (χ0n) is 11.4. The summed E-state index contributed by atoms with van der Waals surface area (Å²) in [5, 5.41) is 10.9. The fourth-order valence-electron chi connectivity index (χ4n) is 2.01. The van der Waals surface area contributed by atoms with Crippen molar-refractivity contribution in [2.75, 3.05) is 40.3 Å². The molecule has 0 unspecified atom stereocenters. The van der Waals surface area contributed by atoms with E-state index >= 15 is 0 Å². The third-order valence-corrected chi connectivity index (χ3v) is 2.97. The minimum atomic E-state index is -0.766. The summed E-state index contributed by atoms with van der Waals surface area (Å²) in [4.78, 5) is 32.7. The summed E-state index contributed by atoms with van der Waals surface area (Å²) < 4.78 is 0. The van der Waals surface area contributed by atoms with Gasteiger partial charge in [0.15, 0.2) is 0 Å². The first-order valence-electron chi connectivity index (χ1n) is 6.35. The first-order valence-corrected chi connectivity index (χ1v) is 6.35. The van der Waals surface area contributed by atoms with E-state index in [-0.39, 0.29) is 19.1 Å². The van der Waals surface area contributed by atoms with Crippen molar-refractivity contribution in [1.29, 1.82) is 0 Å². The topological polar surface area (TPSA) is 85.2 Å². The van der Waals surface area contributed by atoms with Crippen molar-refractivity contribution in [3.8, 4) is 0 Å². The minimum absolute atomic E-state index is 0.137. The normalized spacial score (nSPS) is 17.4. The number of carbonyl (C=O) groups is 1. The average molecular weight is 275 g/mol. The molecule has 1 aliphatic rings. The molecule has 1 heterocycles. The van der Waals surface area contributed by atoms with Gasteiger partial charge in [0, 0.05) is 13.1 Å². The SMILES string of the molecule is CN(C)CC(=O)ON1CCC(CCO[N+](=O)[O-])CC1. The van der Waals surface area contributed by atoms with Crippen molar-refractivity contribution in [3.63, 3.8) is 0 Å². The highest BCUT2D eigenvalue weighted by Crippen LogP contribution is 2.20. The van der Waals surface area contributed by atoms with Crippen LogP contribution in [-0.4, -0.2) is 61.4 Å². The summed E-state index contributed by atoms with van der Waals surface area (Å²) in [6.07, 6.45) is 2.38. The molecule has 0 radical (unpaired) electrons. The van der Waals surface area contributed by atoms with E-state index in [4.69, 9.17) is 4.84 Å². The molecule has 0 aliphatic carbocycles. The van der Waals surface area contributed by atoms with Gasteiger partial charge in [0.05, 0.1) is 13.2 Å². The van der Waals surface area contributed by atoms with Crippen LogP contribution in [0.1, 0.15) is 19.3 Å². The predicted octanol–water partition coefficient (Wildman–Crippen LogP) is 0.317. The van der Waals surface area contributed by atoms with Crippen LogP contribution in [0.15, 0.2) is 0 Å². The lowest BCUT2D eigenvalue weighted by atomic mass is 9.95. The van der Waals surface area contributed by atoms with Gasteiger partial charge in [0.25, 0.3) is 5.09 Å². The van der Waals surface area contributed by atoms with Crippen LogP contribution in [0.2, 0.25) is 0 Å². The second-order valence-electron chi connectivity index (χ2n) is 4.92. The molecule has 1 rings (SSSR count). The van der Waals surface area contributed by atoms with Gasteiger partial charge in [-0.15, -0.1) is 15.2 Å². The van der Waals surface area contributed by atoms with Crippen molar-refractivity contribution in [2.45, 2.75) is 19.3 Å². The molecule has 0 aromatic heterocycles. The van der Waals surface area contributed by atoms with E-state index in [9.17, 15) is 14.9 Å². The molecule has 0 bridgehead atoms. The first-order chi connectivity index (χ1) is 8.97. The third-order valence-electron chi connectivity index (χ3n) is 2.97. The zero-order chi connectivity index (χ0) is 14.3. The molecule has 8 nitrogen and oxygen atoms in total. The Hall–Kier alpha value is -1.41. The second-order valence-corrected chi connectivity index (χ2v) is 4.92. The van der Waals surface area contributed by atoms with Gasteiger partial charge in [0.1, 0.15) is 0 Å². The van der Waals surface area contributed by atoms with Gasteiger partial charge in [-0.3, -0.25) is 4.90 Å². The molecule has 1 saturated heterocycles. The lowest BCUT2D eigenvalue weighted by molar-refractivity contribution is -0.758. The molecule has 19 heavy (non-hydrogen) atoms. The van der Waals surface area contributed by atoms with Gasteiger partial charge in [-0.1, -0.05) is 0 Å². The molecule has 0 N–H and O–H groups in total. The Bertz CT molecular complexity index is 303. The Kier molecular flexibility index (Phi) is 6.51. The number of rotatable bonds is 7. The summed E-state index contributed by atoms with van der Waals surface area (Å²) in [7, 11) is 3.62. The molecule has 1 fully saturated rings. The maximum Gasteiger partial charge on any atom is 0.338 e. The molecule has 0 aromatic carbocycles. The smallest absolute Gasteiger partial charge is 0.338 e. The second kappa shape index (κ2) is 7.90. The summed E-state index contributed by atoms with van der Waals surface area (Å²) in [5.74, 6) is 0.129. The number of likely N-dealkylation sites (N-methyl/N-ethyl adjacent to an activating group) is 1. The van der Waals surface area contributed by atoms with Crippen molar-refractivity contribution in [2.24, 2.45) is 5.92 Å². The van der Waals surface area contributed by atoms with Gasteiger partial charge < -0.3 is 9.68 Å². The fraction of sp³-hybridized carbons (Fsp3) is 0.909. The number of hydrogen-bond acceptors (Lipinski definition) is 7. The monoisotopic (exact) mass is 275 g/mol. The highest BCUT2D eigenvalue weighted by atomic mass is 16.9. The number of hydroxylamine groups is 2. The highest BCUT2D eigenvalue weighted by Gasteiger charge is 2.22. The van der Waals surface area contributed by atoms with Crippen LogP contribution in [0.5, 0.6) is 0 Å². The lowest BCUT2D eigenvalue weighted by Gasteiger charge is -2.30. The minimum Gasteiger partial charge on any atom is -0.367 e. The number of piperidine rings is 1. The van der Waals surface area contributed by atoms with Gasteiger partial charge in [-0.2, -0.15) is 0 Å². The summed E-state index contributed by atoms with van der Waals surface area (Å²) in [5.41, 5.74) is 0. The number of hydrogen-bond donors (Lipinski definition) is 0. The van der Waals surface area contributed by atoms with E-state index in [1.165, 1.54) is 0 Å². The molecule has 1 aliphatic heterocycles. The molecular formula is C11H21N3O5. The Labute approximate surface area is 112 Å². The Morgan fingerprint density at radius 1 is 1.42 bits per heavy atom. The molecule has 0 atom stereocenters. The van der Waals surface area contributed by atoms with E-state index < -0.39 is 5.09 Å². The van der Waals surface area contributed by atoms with Crippen LogP contribution in [0.4, 0.5) is 0 Å². The van der Waals surface area contributed by atoms with E-state index in [1.807, 2.05) is 14.1 Å². The van der Waals surface area contributed by atoms with Crippen LogP contribution in [0.3, 0.4) is 0 Å². The summed E-state index contributed by atoms with van der Waals surface area (Å²) >= 11 is 0. The van der Waals surface area contributed by atoms with Gasteiger partial charge >= 0.3 is 5.97 Å². The van der Waals surface area contributed by atoms with Gasteiger partial charge in [0.2, 0.25) is 0 Å². The van der Waals surface area contributed by atoms with Crippen LogP contribution in [0, 0.1) is 16.0 Å². The van der Waals surface area contributed by atoms with Gasteiger partial charge in [-0.25, -0.2) is 4.79 Å². The largest absolute Gasteiger partial charge is 0.367 e. The van der Waals surface area contributed by atoms with Gasteiger partial charge in [-0.05, 0) is 39.3 Å². The van der Waals surface area contributed by atoms with Crippen molar-refractivity contribution >= 4 is 5.97 Å². The average Bonchev–Trinajstić information content (AvgIpc) is 2.29. The van der Waals surface area contributed by atoms with Crippen molar-refractivity contribution in [3.05, 3.63) is 10.1 Å². The first kappa shape index (κ1) is 15.6. The summed E-state index contributed by atoms with van der Waals surface area (Å²) in [6.45, 7) is 1.74.